The molecular formula is C15H14N6O4S. The number of thiazole rings is 1. The topological polar surface area (TPSA) is 141 Å². The molecule has 1 aliphatic heterocycles. The van der Waals surface area contributed by atoms with E-state index in [9.17, 15) is 10.2 Å². The molecule has 0 aliphatic carbocycles. The van der Waals surface area contributed by atoms with Crippen LogP contribution in [0.1, 0.15) is 11.2 Å². The zero-order valence-corrected chi connectivity index (χ0v) is 14.1. The molecule has 3 aromatic rings. The molecule has 10 nitrogen and oxygen atoms in total. The molecule has 4 N–H and O–H groups in total. The van der Waals surface area contributed by atoms with Crippen molar-refractivity contribution in [3.63, 3.8) is 0 Å². The van der Waals surface area contributed by atoms with Crippen LogP contribution in [0.5, 0.6) is 0 Å². The van der Waals surface area contributed by atoms with Gasteiger partial charge in [0.1, 0.15) is 42.9 Å². The van der Waals surface area contributed by atoms with Crippen LogP contribution in [0.25, 0.3) is 11.2 Å². The van der Waals surface area contributed by atoms with Gasteiger partial charge in [0.25, 0.3) is 0 Å². The van der Waals surface area contributed by atoms with E-state index in [1.807, 2.05) is 0 Å². The van der Waals surface area contributed by atoms with E-state index < -0.39 is 24.5 Å². The number of imidazole rings is 1. The Bertz CT molecular complexity index is 966. The molecular weight excluding hydrogens is 360 g/mol. The molecule has 1 fully saturated rings. The van der Waals surface area contributed by atoms with Gasteiger partial charge in [-0.05, 0) is 0 Å². The van der Waals surface area contributed by atoms with Crippen LogP contribution in [0.15, 0.2) is 24.2 Å². The maximum Gasteiger partial charge on any atom is 0.170 e. The molecule has 4 heterocycles. The molecule has 4 rings (SSSR count). The van der Waals surface area contributed by atoms with Crippen molar-refractivity contribution in [1.82, 2.24) is 24.5 Å². The first-order valence-electron chi connectivity index (χ1n) is 7.62. The van der Waals surface area contributed by atoms with Crippen molar-refractivity contribution in [2.75, 3.05) is 12.3 Å². The summed E-state index contributed by atoms with van der Waals surface area (Å²) in [6, 6.07) is 0. The lowest BCUT2D eigenvalue weighted by Gasteiger charge is -2.16. The van der Waals surface area contributed by atoms with Crippen LogP contribution in [0.2, 0.25) is 0 Å². The van der Waals surface area contributed by atoms with E-state index >= 15 is 0 Å². The monoisotopic (exact) mass is 374 g/mol. The highest BCUT2D eigenvalue weighted by Crippen LogP contribution is 2.32. The van der Waals surface area contributed by atoms with Crippen molar-refractivity contribution >= 4 is 28.3 Å². The first-order chi connectivity index (χ1) is 12.6. The predicted molar refractivity (Wildman–Crippen MR) is 90.6 cm³/mol. The van der Waals surface area contributed by atoms with Gasteiger partial charge < -0.3 is 25.4 Å². The number of hydrogen-bond acceptors (Lipinski definition) is 10. The number of rotatable bonds is 3. The molecule has 0 bridgehead atoms. The third kappa shape index (κ3) is 2.95. The molecule has 0 radical (unpaired) electrons. The Hall–Kier alpha value is -2.78. The van der Waals surface area contributed by atoms with E-state index in [1.54, 1.807) is 11.6 Å². The fourth-order valence-corrected chi connectivity index (χ4v) is 3.11. The van der Waals surface area contributed by atoms with Gasteiger partial charge >= 0.3 is 0 Å². The molecule has 0 saturated carbocycles. The minimum Gasteiger partial charge on any atom is -0.443 e. The maximum absolute atomic E-state index is 10.3. The average molecular weight is 374 g/mol. The Morgan fingerprint density at radius 1 is 1.27 bits per heavy atom. The lowest BCUT2D eigenvalue weighted by Crippen LogP contribution is -2.33. The first kappa shape index (κ1) is 16.7. The van der Waals surface area contributed by atoms with Gasteiger partial charge in [0.05, 0.1) is 6.33 Å². The number of nitrogen functional groups attached to an aromatic ring is 1. The van der Waals surface area contributed by atoms with Crippen LogP contribution in [-0.2, 0) is 9.47 Å². The number of anilines is 1. The van der Waals surface area contributed by atoms with Crippen molar-refractivity contribution in [3.8, 4) is 12.0 Å². The molecule has 0 amide bonds. The summed E-state index contributed by atoms with van der Waals surface area (Å²) in [5, 5.41) is 23.0. The van der Waals surface area contributed by atoms with Gasteiger partial charge in [0.15, 0.2) is 22.7 Å². The molecule has 0 aromatic carbocycles. The first-order valence-corrected chi connectivity index (χ1v) is 8.50. The molecule has 11 heteroatoms. The van der Waals surface area contributed by atoms with Gasteiger partial charge in [0.2, 0.25) is 0 Å². The lowest BCUT2D eigenvalue weighted by atomic mass is 10.1. The van der Waals surface area contributed by atoms with Gasteiger partial charge in [-0.25, -0.2) is 19.9 Å². The summed E-state index contributed by atoms with van der Waals surface area (Å²) in [6.07, 6.45) is 2.88. The molecule has 1 saturated heterocycles. The van der Waals surface area contributed by atoms with E-state index in [4.69, 9.17) is 15.2 Å². The van der Waals surface area contributed by atoms with Crippen molar-refractivity contribution < 1.29 is 19.7 Å². The normalized spacial score (nSPS) is 25.2. The molecule has 4 atom stereocenters. The predicted octanol–water partition coefficient (Wildman–Crippen LogP) is -0.490. The van der Waals surface area contributed by atoms with Crippen LogP contribution in [0.4, 0.5) is 5.82 Å². The quantitative estimate of drug-likeness (QED) is 0.518. The molecule has 3 aromatic heterocycles. The minimum atomic E-state index is -1.19. The van der Waals surface area contributed by atoms with E-state index in [0.717, 1.165) is 0 Å². The summed E-state index contributed by atoms with van der Waals surface area (Å²) in [7, 11) is 0. The largest absolute Gasteiger partial charge is 0.443 e. The van der Waals surface area contributed by atoms with Crippen molar-refractivity contribution in [1.29, 1.82) is 0 Å². The number of aliphatic hydroxyl groups excluding tert-OH is 2. The highest BCUT2D eigenvalue weighted by atomic mass is 32.1. The van der Waals surface area contributed by atoms with Gasteiger partial charge in [-0.2, -0.15) is 0 Å². The van der Waals surface area contributed by atoms with Crippen molar-refractivity contribution in [3.05, 3.63) is 29.2 Å². The second kappa shape index (κ2) is 6.85. The average Bonchev–Trinajstić information content (AvgIpc) is 3.35. The molecule has 26 heavy (non-hydrogen) atoms. The fraction of sp³-hybridized carbons (Fsp3) is 0.333. The zero-order valence-electron chi connectivity index (χ0n) is 13.3. The standard InChI is InChI=1S/C15H14N6O4S/c16-13-10-14(19-6-18-13)21(7-20-10)15-12(23)11(22)8(25-15)5-24-3-1-9-17-2-4-26-9/h2,4,6-8,11-12,15,22-23H,5H2,(H2,16,18,19)/t8-,11-,12-,15-/m1/s1. The molecule has 1 aliphatic rings. The number of nitrogens with zero attached hydrogens (tertiary/aromatic N) is 5. The Morgan fingerprint density at radius 3 is 2.96 bits per heavy atom. The van der Waals surface area contributed by atoms with Crippen molar-refractivity contribution in [2.24, 2.45) is 0 Å². The molecule has 0 unspecified atom stereocenters. The van der Waals surface area contributed by atoms with Crippen LogP contribution in [0, 0.1) is 12.0 Å². The zero-order chi connectivity index (χ0) is 18.1. The van der Waals surface area contributed by atoms with E-state index in [1.165, 1.54) is 28.6 Å². The number of nitrogens with two attached hydrogens (primary N) is 1. The van der Waals surface area contributed by atoms with Crippen molar-refractivity contribution in [2.45, 2.75) is 24.5 Å². The second-order valence-electron chi connectivity index (χ2n) is 5.50. The van der Waals surface area contributed by atoms with Gasteiger partial charge in [-0.3, -0.25) is 4.57 Å². The van der Waals surface area contributed by atoms with Crippen LogP contribution >= 0.6 is 11.3 Å². The maximum atomic E-state index is 10.3. The molecule has 134 valence electrons. The third-order valence-electron chi connectivity index (χ3n) is 3.91. The van der Waals surface area contributed by atoms with E-state index in [0.29, 0.717) is 16.2 Å². The Kier molecular flexibility index (Phi) is 4.39. The minimum absolute atomic E-state index is 0.0170. The van der Waals surface area contributed by atoms with Crippen LogP contribution < -0.4 is 5.73 Å². The lowest BCUT2D eigenvalue weighted by molar-refractivity contribution is -0.0510. The Balaban J connectivity index is 1.48. The molecule has 0 spiro atoms. The SMILES string of the molecule is Nc1ncnc2c1ncn2[C@@H]1O[C@H](COC#Cc2nccs2)[C@@H](O)[C@H]1O. The van der Waals surface area contributed by atoms with Gasteiger partial charge in [-0.15, -0.1) is 11.3 Å². The van der Waals surface area contributed by atoms with Gasteiger partial charge in [0, 0.05) is 17.5 Å². The summed E-state index contributed by atoms with van der Waals surface area (Å²) in [6.45, 7) is -0.0170. The van der Waals surface area contributed by atoms with Crippen LogP contribution in [-0.4, -0.2) is 59.6 Å². The van der Waals surface area contributed by atoms with E-state index in [2.05, 4.69) is 32.0 Å². The number of hydrogen-bond donors (Lipinski definition) is 3. The second-order valence-corrected chi connectivity index (χ2v) is 6.40. The Morgan fingerprint density at radius 2 is 2.15 bits per heavy atom. The summed E-state index contributed by atoms with van der Waals surface area (Å²) >= 11 is 1.39. The third-order valence-corrected chi connectivity index (χ3v) is 4.60. The number of ether oxygens (including phenoxy) is 2. The van der Waals surface area contributed by atoms with E-state index in [-0.39, 0.29) is 12.4 Å². The smallest absolute Gasteiger partial charge is 0.170 e. The Labute approximate surface area is 151 Å². The highest BCUT2D eigenvalue weighted by Gasteiger charge is 2.44. The fourth-order valence-electron chi connectivity index (χ4n) is 2.64. The number of aromatic nitrogens is 5. The van der Waals surface area contributed by atoms with Gasteiger partial charge in [-0.1, -0.05) is 0 Å². The summed E-state index contributed by atoms with van der Waals surface area (Å²) in [5.74, 6) is 2.95. The number of fused-ring (bicyclic) bond motifs is 1. The number of aliphatic hydroxyl groups is 2. The van der Waals surface area contributed by atoms with Crippen LogP contribution in [0.3, 0.4) is 0 Å². The summed E-state index contributed by atoms with van der Waals surface area (Å²) < 4.78 is 12.5. The highest BCUT2D eigenvalue weighted by molar-refractivity contribution is 7.10. The summed E-state index contributed by atoms with van der Waals surface area (Å²) in [4.78, 5) is 16.1. The summed E-state index contributed by atoms with van der Waals surface area (Å²) in [5.41, 5.74) is 6.56.